The monoisotopic (exact) mass is 347 g/mol. The minimum atomic E-state index is -4.44. The van der Waals surface area contributed by atoms with Gasteiger partial charge in [0.1, 0.15) is 5.75 Å². The Hall–Kier alpha value is -2.29. The molecule has 0 saturated carbocycles. The molecule has 1 aliphatic heterocycles. The number of halogens is 3. The number of benzene rings is 1. The van der Waals surface area contributed by atoms with E-state index < -0.39 is 30.2 Å². The maximum Gasteiger partial charge on any atom is 0.422 e. The highest BCUT2D eigenvalue weighted by molar-refractivity contribution is 5.95. The van der Waals surface area contributed by atoms with Gasteiger partial charge in [0.2, 0.25) is 0 Å². The van der Waals surface area contributed by atoms with Crippen molar-refractivity contribution in [2.24, 2.45) is 0 Å². The average Bonchev–Trinajstić information content (AvgIpc) is 2.92. The molecular formula is C15H16F3NO5. The SMILES string of the molecule is O=C(O)CC1(NC(=O)c2ccc(OCC(F)(F)F)cc2)CCOC1. The Morgan fingerprint density at radius 1 is 1.29 bits per heavy atom. The fourth-order valence-corrected chi connectivity index (χ4v) is 2.36. The molecule has 2 rings (SSSR count). The molecule has 1 unspecified atom stereocenters. The molecule has 2 N–H and O–H groups in total. The molecular weight excluding hydrogens is 331 g/mol. The van der Waals surface area contributed by atoms with Gasteiger partial charge in [-0.1, -0.05) is 0 Å². The van der Waals surface area contributed by atoms with E-state index in [0.29, 0.717) is 13.0 Å². The molecule has 0 aromatic heterocycles. The number of hydrogen-bond acceptors (Lipinski definition) is 4. The Morgan fingerprint density at radius 2 is 1.96 bits per heavy atom. The van der Waals surface area contributed by atoms with E-state index in [0.717, 1.165) is 0 Å². The zero-order valence-electron chi connectivity index (χ0n) is 12.6. The van der Waals surface area contributed by atoms with Gasteiger partial charge in [-0.25, -0.2) is 0 Å². The van der Waals surface area contributed by atoms with E-state index in [4.69, 9.17) is 9.84 Å². The van der Waals surface area contributed by atoms with Gasteiger partial charge in [0.25, 0.3) is 5.91 Å². The van der Waals surface area contributed by atoms with E-state index in [2.05, 4.69) is 10.1 Å². The lowest BCUT2D eigenvalue weighted by Crippen LogP contribution is -2.50. The molecule has 1 saturated heterocycles. The number of carboxylic acids is 1. The smallest absolute Gasteiger partial charge is 0.422 e. The van der Waals surface area contributed by atoms with Crippen LogP contribution in [0.4, 0.5) is 13.2 Å². The summed E-state index contributed by atoms with van der Waals surface area (Å²) in [6.07, 6.45) is -4.34. The Balaban J connectivity index is 2.00. The lowest BCUT2D eigenvalue weighted by molar-refractivity contribution is -0.153. The van der Waals surface area contributed by atoms with Gasteiger partial charge in [-0.3, -0.25) is 9.59 Å². The van der Waals surface area contributed by atoms with Crippen LogP contribution in [-0.2, 0) is 9.53 Å². The maximum atomic E-state index is 12.2. The van der Waals surface area contributed by atoms with Gasteiger partial charge in [0, 0.05) is 12.2 Å². The predicted octanol–water partition coefficient (Wildman–Crippen LogP) is 1.99. The number of hydrogen-bond donors (Lipinski definition) is 2. The molecule has 132 valence electrons. The highest BCUT2D eigenvalue weighted by atomic mass is 19.4. The number of rotatable bonds is 6. The molecule has 1 amide bonds. The van der Waals surface area contributed by atoms with E-state index >= 15 is 0 Å². The fourth-order valence-electron chi connectivity index (χ4n) is 2.36. The number of carbonyl (C=O) groups excluding carboxylic acids is 1. The second-order valence-electron chi connectivity index (χ2n) is 5.54. The molecule has 1 aliphatic rings. The van der Waals surface area contributed by atoms with Gasteiger partial charge in [0.05, 0.1) is 18.6 Å². The second kappa shape index (κ2) is 7.08. The van der Waals surface area contributed by atoms with Crippen molar-refractivity contribution in [3.05, 3.63) is 29.8 Å². The number of alkyl halides is 3. The Kier molecular flexibility index (Phi) is 5.33. The Labute approximate surface area is 135 Å². The highest BCUT2D eigenvalue weighted by Crippen LogP contribution is 2.24. The van der Waals surface area contributed by atoms with E-state index in [1.807, 2.05) is 0 Å². The number of aliphatic carboxylic acids is 1. The third-order valence-corrected chi connectivity index (χ3v) is 3.49. The summed E-state index contributed by atoms with van der Waals surface area (Å²) in [5, 5.41) is 11.6. The summed E-state index contributed by atoms with van der Waals surface area (Å²) in [5.41, 5.74) is -0.792. The van der Waals surface area contributed by atoms with Crippen LogP contribution in [-0.4, -0.2) is 48.5 Å². The number of carboxylic acid groups (broad SMARTS) is 1. The largest absolute Gasteiger partial charge is 0.484 e. The van der Waals surface area contributed by atoms with Crippen LogP contribution in [0.1, 0.15) is 23.2 Å². The second-order valence-corrected chi connectivity index (χ2v) is 5.54. The fraction of sp³-hybridized carbons (Fsp3) is 0.467. The molecule has 9 heteroatoms. The van der Waals surface area contributed by atoms with Gasteiger partial charge in [-0.05, 0) is 30.7 Å². The zero-order chi connectivity index (χ0) is 17.8. The molecule has 1 aromatic rings. The third kappa shape index (κ3) is 5.12. The topological polar surface area (TPSA) is 84.9 Å². The molecule has 0 radical (unpaired) electrons. The van der Waals surface area contributed by atoms with Crippen LogP contribution in [0.15, 0.2) is 24.3 Å². The van der Waals surface area contributed by atoms with Crippen LogP contribution in [0.25, 0.3) is 0 Å². The van der Waals surface area contributed by atoms with Crippen LogP contribution in [0, 0.1) is 0 Å². The van der Waals surface area contributed by atoms with Gasteiger partial charge in [0.15, 0.2) is 6.61 Å². The number of ether oxygens (including phenoxy) is 2. The quantitative estimate of drug-likeness (QED) is 0.822. The lowest BCUT2D eigenvalue weighted by atomic mass is 9.93. The standard InChI is InChI=1S/C15H16F3NO5/c16-15(17,18)9-24-11-3-1-10(2-4-11)13(22)19-14(7-12(20)21)5-6-23-8-14/h1-4H,5-9H2,(H,19,22)(H,20,21). The van der Waals surface area contributed by atoms with Crippen LogP contribution < -0.4 is 10.1 Å². The van der Waals surface area contributed by atoms with Gasteiger partial charge >= 0.3 is 12.1 Å². The summed E-state index contributed by atoms with van der Waals surface area (Å²) in [6.45, 7) is -0.979. The zero-order valence-corrected chi connectivity index (χ0v) is 12.6. The molecule has 0 bridgehead atoms. The lowest BCUT2D eigenvalue weighted by Gasteiger charge is -2.27. The first-order valence-corrected chi connectivity index (χ1v) is 7.11. The van der Waals surface area contributed by atoms with E-state index in [9.17, 15) is 22.8 Å². The molecule has 24 heavy (non-hydrogen) atoms. The minimum Gasteiger partial charge on any atom is -0.484 e. The van der Waals surface area contributed by atoms with Crippen LogP contribution in [0.3, 0.4) is 0 Å². The molecule has 1 heterocycles. The molecule has 1 aromatic carbocycles. The van der Waals surface area contributed by atoms with Crippen molar-refractivity contribution < 1.29 is 37.3 Å². The number of nitrogens with one attached hydrogen (secondary N) is 1. The van der Waals surface area contributed by atoms with Gasteiger partial charge < -0.3 is 19.9 Å². The van der Waals surface area contributed by atoms with E-state index in [-0.39, 0.29) is 24.3 Å². The van der Waals surface area contributed by atoms with Crippen molar-refractivity contribution in [1.29, 1.82) is 0 Å². The summed E-state index contributed by atoms with van der Waals surface area (Å²) >= 11 is 0. The number of carbonyl (C=O) groups is 2. The third-order valence-electron chi connectivity index (χ3n) is 3.49. The van der Waals surface area contributed by atoms with E-state index in [1.165, 1.54) is 24.3 Å². The summed E-state index contributed by atoms with van der Waals surface area (Å²) in [7, 11) is 0. The molecule has 1 atom stereocenters. The molecule has 1 fully saturated rings. The predicted molar refractivity (Wildman–Crippen MR) is 75.9 cm³/mol. The van der Waals surface area contributed by atoms with Crippen molar-refractivity contribution in [3.63, 3.8) is 0 Å². The first-order valence-electron chi connectivity index (χ1n) is 7.11. The molecule has 0 spiro atoms. The molecule has 6 nitrogen and oxygen atoms in total. The average molecular weight is 347 g/mol. The van der Waals surface area contributed by atoms with Crippen molar-refractivity contribution in [1.82, 2.24) is 5.32 Å². The molecule has 0 aliphatic carbocycles. The van der Waals surface area contributed by atoms with Crippen LogP contribution >= 0.6 is 0 Å². The minimum absolute atomic E-state index is 0.0201. The van der Waals surface area contributed by atoms with Crippen molar-refractivity contribution in [2.45, 2.75) is 24.6 Å². The summed E-state index contributed by atoms with van der Waals surface area (Å²) in [5.74, 6) is -1.60. The first kappa shape index (κ1) is 18.1. The van der Waals surface area contributed by atoms with Crippen molar-refractivity contribution in [2.75, 3.05) is 19.8 Å². The number of amides is 1. The maximum absolute atomic E-state index is 12.2. The van der Waals surface area contributed by atoms with Crippen molar-refractivity contribution >= 4 is 11.9 Å². The van der Waals surface area contributed by atoms with E-state index in [1.54, 1.807) is 0 Å². The summed E-state index contributed by atoms with van der Waals surface area (Å²) in [4.78, 5) is 23.2. The van der Waals surface area contributed by atoms with Gasteiger partial charge in [-0.15, -0.1) is 0 Å². The summed E-state index contributed by atoms with van der Waals surface area (Å²) < 4.78 is 46.0. The normalized spacial score (nSPS) is 20.6. The van der Waals surface area contributed by atoms with Crippen LogP contribution in [0.2, 0.25) is 0 Å². The Morgan fingerprint density at radius 3 is 2.46 bits per heavy atom. The van der Waals surface area contributed by atoms with Gasteiger partial charge in [-0.2, -0.15) is 13.2 Å². The first-order chi connectivity index (χ1) is 11.2. The highest BCUT2D eigenvalue weighted by Gasteiger charge is 2.38. The summed E-state index contributed by atoms with van der Waals surface area (Å²) in [6, 6.07) is 5.11. The van der Waals surface area contributed by atoms with Crippen molar-refractivity contribution in [3.8, 4) is 5.75 Å². The van der Waals surface area contributed by atoms with Crippen LogP contribution in [0.5, 0.6) is 5.75 Å². The Bertz CT molecular complexity index is 594.